The van der Waals surface area contributed by atoms with Crippen LogP contribution in [-0.2, 0) is 9.53 Å². The number of carboxylic acids is 1. The fourth-order valence-corrected chi connectivity index (χ4v) is 3.46. The molecule has 20 heavy (non-hydrogen) atoms. The van der Waals surface area contributed by atoms with E-state index in [-0.39, 0.29) is 6.54 Å². The Morgan fingerprint density at radius 1 is 1.15 bits per heavy atom. The summed E-state index contributed by atoms with van der Waals surface area (Å²) >= 11 is 0. The highest BCUT2D eigenvalue weighted by Crippen LogP contribution is 2.21. The van der Waals surface area contributed by atoms with Crippen molar-refractivity contribution in [2.75, 3.05) is 39.3 Å². The van der Waals surface area contributed by atoms with Crippen molar-refractivity contribution in [1.29, 1.82) is 0 Å². The molecule has 2 saturated heterocycles. The quantitative estimate of drug-likeness (QED) is 0.824. The summed E-state index contributed by atoms with van der Waals surface area (Å²) in [6, 6.07) is 0. The SMILES string of the molecule is C[C@@H]1CN(CCC2CCN(CC(=O)O)CC2)C[C@H](C)O1. The molecule has 2 fully saturated rings. The summed E-state index contributed by atoms with van der Waals surface area (Å²) in [6.07, 6.45) is 4.21. The van der Waals surface area contributed by atoms with E-state index in [0.29, 0.717) is 12.2 Å². The van der Waals surface area contributed by atoms with Gasteiger partial charge in [-0.05, 0) is 58.7 Å². The van der Waals surface area contributed by atoms with Gasteiger partial charge in [-0.25, -0.2) is 0 Å². The predicted molar refractivity (Wildman–Crippen MR) is 77.9 cm³/mol. The van der Waals surface area contributed by atoms with E-state index in [4.69, 9.17) is 9.84 Å². The van der Waals surface area contributed by atoms with Crippen molar-refractivity contribution in [3.63, 3.8) is 0 Å². The molecule has 0 bridgehead atoms. The van der Waals surface area contributed by atoms with E-state index in [9.17, 15) is 4.79 Å². The van der Waals surface area contributed by atoms with E-state index < -0.39 is 5.97 Å². The summed E-state index contributed by atoms with van der Waals surface area (Å²) in [7, 11) is 0. The minimum atomic E-state index is -0.709. The highest BCUT2D eigenvalue weighted by molar-refractivity contribution is 5.69. The average molecular weight is 284 g/mol. The standard InChI is InChI=1S/C15H28N2O3/c1-12-9-17(10-13(2)20-12)8-5-14-3-6-16(7-4-14)11-15(18)19/h12-14H,3-11H2,1-2H3,(H,18,19)/t12-,13+. The van der Waals surface area contributed by atoms with Crippen LogP contribution >= 0.6 is 0 Å². The number of carbonyl (C=O) groups is 1. The van der Waals surface area contributed by atoms with E-state index in [1.807, 2.05) is 0 Å². The van der Waals surface area contributed by atoms with Gasteiger partial charge in [0.1, 0.15) is 0 Å². The zero-order valence-electron chi connectivity index (χ0n) is 12.8. The largest absolute Gasteiger partial charge is 0.480 e. The van der Waals surface area contributed by atoms with Crippen LogP contribution in [0.4, 0.5) is 0 Å². The number of rotatable bonds is 5. The monoisotopic (exact) mass is 284 g/mol. The Morgan fingerprint density at radius 3 is 2.30 bits per heavy atom. The number of nitrogens with zero attached hydrogens (tertiary/aromatic N) is 2. The lowest BCUT2D eigenvalue weighted by atomic mass is 9.93. The molecule has 0 aromatic heterocycles. The van der Waals surface area contributed by atoms with Crippen LogP contribution in [0.1, 0.15) is 33.1 Å². The molecule has 0 radical (unpaired) electrons. The van der Waals surface area contributed by atoms with Gasteiger partial charge in [0.15, 0.2) is 0 Å². The van der Waals surface area contributed by atoms with E-state index in [1.165, 1.54) is 6.42 Å². The van der Waals surface area contributed by atoms with E-state index in [0.717, 1.165) is 51.5 Å². The Labute approximate surface area is 121 Å². The molecule has 5 nitrogen and oxygen atoms in total. The van der Waals surface area contributed by atoms with Crippen LogP contribution in [0.15, 0.2) is 0 Å². The molecule has 0 aliphatic carbocycles. The van der Waals surface area contributed by atoms with Crippen molar-refractivity contribution < 1.29 is 14.6 Å². The highest BCUT2D eigenvalue weighted by Gasteiger charge is 2.24. The topological polar surface area (TPSA) is 53.0 Å². The van der Waals surface area contributed by atoms with Crippen LogP contribution in [0.3, 0.4) is 0 Å². The van der Waals surface area contributed by atoms with Gasteiger partial charge in [0.05, 0.1) is 18.8 Å². The lowest BCUT2D eigenvalue weighted by Gasteiger charge is -2.37. The van der Waals surface area contributed by atoms with Crippen LogP contribution in [0.5, 0.6) is 0 Å². The molecule has 0 unspecified atom stereocenters. The number of hydrogen-bond donors (Lipinski definition) is 1. The summed E-state index contributed by atoms with van der Waals surface area (Å²) in [5.74, 6) is 0.0493. The maximum atomic E-state index is 10.7. The van der Waals surface area contributed by atoms with Crippen molar-refractivity contribution in [2.45, 2.75) is 45.3 Å². The van der Waals surface area contributed by atoms with Crippen molar-refractivity contribution in [2.24, 2.45) is 5.92 Å². The Hall–Kier alpha value is -0.650. The van der Waals surface area contributed by atoms with Gasteiger partial charge in [-0.3, -0.25) is 14.6 Å². The summed E-state index contributed by atoms with van der Waals surface area (Å²) in [5.41, 5.74) is 0. The second kappa shape index (κ2) is 7.38. The fraction of sp³-hybridized carbons (Fsp3) is 0.933. The first-order valence-corrected chi connectivity index (χ1v) is 7.85. The molecule has 2 atom stereocenters. The number of aliphatic carboxylic acids is 1. The Morgan fingerprint density at radius 2 is 1.75 bits per heavy atom. The average Bonchev–Trinajstić information content (AvgIpc) is 2.36. The molecule has 0 spiro atoms. The molecule has 0 amide bonds. The first kappa shape index (κ1) is 15.7. The predicted octanol–water partition coefficient (Wildman–Crippen LogP) is 1.28. The summed E-state index contributed by atoms with van der Waals surface area (Å²) in [6.45, 7) is 9.61. The number of hydrogen-bond acceptors (Lipinski definition) is 4. The molecule has 0 aromatic carbocycles. The second-order valence-corrected chi connectivity index (χ2v) is 6.42. The Balaban J connectivity index is 1.64. The van der Waals surface area contributed by atoms with E-state index in [1.54, 1.807) is 0 Å². The number of piperidine rings is 1. The molecular formula is C15H28N2O3. The first-order valence-electron chi connectivity index (χ1n) is 7.85. The molecule has 5 heteroatoms. The smallest absolute Gasteiger partial charge is 0.317 e. The molecule has 2 aliphatic heterocycles. The number of ether oxygens (including phenoxy) is 1. The molecule has 2 rings (SSSR count). The molecule has 116 valence electrons. The van der Waals surface area contributed by atoms with Crippen LogP contribution in [0.2, 0.25) is 0 Å². The number of carboxylic acid groups (broad SMARTS) is 1. The third kappa shape index (κ3) is 5.04. The molecule has 1 N–H and O–H groups in total. The number of likely N-dealkylation sites (tertiary alicyclic amines) is 1. The van der Waals surface area contributed by atoms with Crippen LogP contribution in [-0.4, -0.2) is 72.4 Å². The number of morpholine rings is 1. The molecule has 0 saturated carbocycles. The van der Waals surface area contributed by atoms with Gasteiger partial charge in [-0.15, -0.1) is 0 Å². The summed E-state index contributed by atoms with van der Waals surface area (Å²) in [5, 5.41) is 8.79. The minimum absolute atomic E-state index is 0.200. The lowest BCUT2D eigenvalue weighted by Crippen LogP contribution is -2.46. The zero-order valence-corrected chi connectivity index (χ0v) is 12.8. The van der Waals surface area contributed by atoms with Crippen molar-refractivity contribution in [1.82, 2.24) is 9.80 Å². The van der Waals surface area contributed by atoms with Gasteiger partial charge in [-0.2, -0.15) is 0 Å². The van der Waals surface area contributed by atoms with Gasteiger partial charge < -0.3 is 9.84 Å². The maximum Gasteiger partial charge on any atom is 0.317 e. The Bertz CT molecular complexity index is 306. The summed E-state index contributed by atoms with van der Waals surface area (Å²) in [4.78, 5) is 15.3. The van der Waals surface area contributed by atoms with Gasteiger partial charge in [-0.1, -0.05) is 0 Å². The molecule has 0 aromatic rings. The zero-order chi connectivity index (χ0) is 14.5. The Kier molecular flexibility index (Phi) is 5.81. The van der Waals surface area contributed by atoms with E-state index >= 15 is 0 Å². The van der Waals surface area contributed by atoms with Gasteiger partial charge in [0.2, 0.25) is 0 Å². The maximum absolute atomic E-state index is 10.7. The van der Waals surface area contributed by atoms with Gasteiger partial charge >= 0.3 is 5.97 Å². The summed E-state index contributed by atoms with van der Waals surface area (Å²) < 4.78 is 5.76. The van der Waals surface area contributed by atoms with E-state index in [2.05, 4.69) is 23.6 Å². The lowest BCUT2D eigenvalue weighted by molar-refractivity contribution is -0.138. The second-order valence-electron chi connectivity index (χ2n) is 6.42. The van der Waals surface area contributed by atoms with Crippen LogP contribution < -0.4 is 0 Å². The van der Waals surface area contributed by atoms with Crippen molar-refractivity contribution in [3.05, 3.63) is 0 Å². The third-order valence-corrected chi connectivity index (χ3v) is 4.41. The highest BCUT2D eigenvalue weighted by atomic mass is 16.5. The molecule has 2 aliphatic rings. The third-order valence-electron chi connectivity index (χ3n) is 4.41. The molecule has 2 heterocycles. The van der Waals surface area contributed by atoms with Crippen molar-refractivity contribution >= 4 is 5.97 Å². The minimum Gasteiger partial charge on any atom is -0.480 e. The fourth-order valence-electron chi connectivity index (χ4n) is 3.46. The normalized spacial score (nSPS) is 30.5. The van der Waals surface area contributed by atoms with Crippen molar-refractivity contribution in [3.8, 4) is 0 Å². The van der Waals surface area contributed by atoms with Gasteiger partial charge in [0.25, 0.3) is 0 Å². The first-order chi connectivity index (χ1) is 9.52. The van der Waals surface area contributed by atoms with Gasteiger partial charge in [0, 0.05) is 13.1 Å². The molecular weight excluding hydrogens is 256 g/mol. The van der Waals surface area contributed by atoms with Crippen LogP contribution in [0, 0.1) is 5.92 Å². The van der Waals surface area contributed by atoms with Crippen LogP contribution in [0.25, 0.3) is 0 Å².